The lowest BCUT2D eigenvalue weighted by molar-refractivity contribution is 0.568. The molecule has 160 valence electrons. The number of benzene rings is 1. The first kappa shape index (κ1) is 21.0. The molecule has 2 heterocycles. The van der Waals surface area contributed by atoms with Crippen molar-refractivity contribution in [3.8, 4) is 11.1 Å². The smallest absolute Gasteiger partial charge is 0.289 e. The Hall–Kier alpha value is -3.30. The molecule has 0 unspecified atom stereocenters. The first-order chi connectivity index (χ1) is 14.7. The van der Waals surface area contributed by atoms with E-state index in [-0.39, 0.29) is 11.5 Å². The SMILES string of the molecule is CC(C)NS(=O)(=O)N(C)c1ccc2ccc3ncc(-c4cnn(C)c4)cc3c(=O)c2c1. The average molecular weight is 438 g/mol. The first-order valence-corrected chi connectivity index (χ1v) is 11.2. The molecular formula is C22H23N5O3S. The van der Waals surface area contributed by atoms with Crippen LogP contribution in [0.4, 0.5) is 5.69 Å². The Balaban J connectivity index is 1.91. The highest BCUT2D eigenvalue weighted by atomic mass is 32.2. The average Bonchev–Trinajstić information content (AvgIpc) is 3.10. The van der Waals surface area contributed by atoms with E-state index in [9.17, 15) is 13.2 Å². The summed E-state index contributed by atoms with van der Waals surface area (Å²) in [6, 6.07) is 10.2. The predicted molar refractivity (Wildman–Crippen MR) is 123 cm³/mol. The van der Waals surface area contributed by atoms with Crippen LogP contribution < -0.4 is 14.5 Å². The van der Waals surface area contributed by atoms with Gasteiger partial charge in [0.05, 0.1) is 17.4 Å². The lowest BCUT2D eigenvalue weighted by atomic mass is 10.1. The van der Waals surface area contributed by atoms with Crippen LogP contribution in [0.5, 0.6) is 0 Å². The van der Waals surface area contributed by atoms with Crippen LogP contribution in [0, 0.1) is 0 Å². The summed E-state index contributed by atoms with van der Waals surface area (Å²) in [4.78, 5) is 17.9. The third-order valence-electron chi connectivity index (χ3n) is 5.01. The van der Waals surface area contributed by atoms with Crippen LogP contribution >= 0.6 is 0 Å². The molecule has 1 N–H and O–H groups in total. The normalized spacial score (nSPS) is 12.0. The summed E-state index contributed by atoms with van der Waals surface area (Å²) >= 11 is 0. The maximum absolute atomic E-state index is 13.4. The Morgan fingerprint density at radius 1 is 1.03 bits per heavy atom. The van der Waals surface area contributed by atoms with E-state index in [2.05, 4.69) is 14.8 Å². The van der Waals surface area contributed by atoms with Crippen molar-refractivity contribution < 1.29 is 8.42 Å². The highest BCUT2D eigenvalue weighted by molar-refractivity contribution is 7.90. The Morgan fingerprint density at radius 3 is 2.45 bits per heavy atom. The van der Waals surface area contributed by atoms with Crippen molar-refractivity contribution in [1.82, 2.24) is 19.5 Å². The van der Waals surface area contributed by atoms with E-state index >= 15 is 0 Å². The largest absolute Gasteiger partial charge is 0.301 e. The van der Waals surface area contributed by atoms with Gasteiger partial charge in [-0.05, 0) is 43.5 Å². The van der Waals surface area contributed by atoms with Crippen molar-refractivity contribution in [1.29, 1.82) is 0 Å². The standard InChI is InChI=1S/C22H23N5O3S/c1-14(2)25-31(29,30)27(4)18-7-5-15-6-8-21-20(22(28)19(15)10-18)9-16(11-23-21)17-12-24-26(3)13-17/h5-14,25H,1-4H3. The van der Waals surface area contributed by atoms with Gasteiger partial charge in [-0.2, -0.15) is 18.2 Å². The minimum Gasteiger partial charge on any atom is -0.289 e. The molecule has 0 saturated heterocycles. The second-order valence-electron chi connectivity index (χ2n) is 7.74. The van der Waals surface area contributed by atoms with Crippen LogP contribution in [0.15, 0.2) is 59.8 Å². The van der Waals surface area contributed by atoms with Crippen molar-refractivity contribution in [2.75, 3.05) is 11.4 Å². The van der Waals surface area contributed by atoms with E-state index in [1.165, 1.54) is 7.05 Å². The summed E-state index contributed by atoms with van der Waals surface area (Å²) in [5.41, 5.74) is 2.40. The Bertz CT molecular complexity index is 1460. The molecule has 0 amide bonds. The molecule has 0 saturated carbocycles. The molecule has 0 radical (unpaired) electrons. The van der Waals surface area contributed by atoms with Gasteiger partial charge in [0.2, 0.25) is 0 Å². The van der Waals surface area contributed by atoms with Crippen molar-refractivity contribution in [2.45, 2.75) is 19.9 Å². The number of pyridine rings is 1. The summed E-state index contributed by atoms with van der Waals surface area (Å²) in [6.45, 7) is 3.50. The zero-order chi connectivity index (χ0) is 22.3. The highest BCUT2D eigenvalue weighted by Crippen LogP contribution is 2.24. The minimum atomic E-state index is -3.73. The molecule has 0 aliphatic heterocycles. The number of anilines is 1. The van der Waals surface area contributed by atoms with Gasteiger partial charge >= 0.3 is 10.2 Å². The van der Waals surface area contributed by atoms with E-state index in [4.69, 9.17) is 0 Å². The summed E-state index contributed by atoms with van der Waals surface area (Å²) in [5.74, 6) is 0. The summed E-state index contributed by atoms with van der Waals surface area (Å²) in [5, 5.41) is 5.76. The molecular weight excluding hydrogens is 414 g/mol. The molecule has 9 heteroatoms. The van der Waals surface area contributed by atoms with Crippen LogP contribution in [0.2, 0.25) is 0 Å². The topological polar surface area (TPSA) is 97.2 Å². The van der Waals surface area contributed by atoms with Crippen molar-refractivity contribution in [2.24, 2.45) is 7.05 Å². The second kappa shape index (κ2) is 7.75. The van der Waals surface area contributed by atoms with E-state index < -0.39 is 10.2 Å². The fraction of sp³-hybridized carbons (Fsp3) is 0.227. The number of hydrogen-bond acceptors (Lipinski definition) is 5. The van der Waals surface area contributed by atoms with E-state index in [1.54, 1.807) is 61.3 Å². The Kier molecular flexibility index (Phi) is 5.24. The van der Waals surface area contributed by atoms with Crippen LogP contribution in [0.1, 0.15) is 13.8 Å². The lowest BCUT2D eigenvalue weighted by Crippen LogP contribution is -2.41. The maximum Gasteiger partial charge on any atom is 0.301 e. The molecule has 0 bridgehead atoms. The van der Waals surface area contributed by atoms with E-state index in [0.29, 0.717) is 27.4 Å². The molecule has 8 nitrogen and oxygen atoms in total. The van der Waals surface area contributed by atoms with Gasteiger partial charge in [0.1, 0.15) is 0 Å². The molecule has 0 fully saturated rings. The number of aryl methyl sites for hydroxylation is 1. The minimum absolute atomic E-state index is 0.210. The van der Waals surface area contributed by atoms with Crippen molar-refractivity contribution >= 4 is 37.6 Å². The van der Waals surface area contributed by atoms with E-state index in [1.807, 2.05) is 19.3 Å². The Morgan fingerprint density at radius 2 is 1.77 bits per heavy atom. The molecule has 0 atom stereocenters. The summed E-state index contributed by atoms with van der Waals surface area (Å²) in [6.07, 6.45) is 5.29. The fourth-order valence-electron chi connectivity index (χ4n) is 3.43. The number of nitrogens with zero attached hydrogens (tertiary/aromatic N) is 4. The first-order valence-electron chi connectivity index (χ1n) is 9.78. The number of aromatic nitrogens is 3. The molecule has 4 rings (SSSR count). The van der Waals surface area contributed by atoms with Gasteiger partial charge in [0.15, 0.2) is 5.43 Å². The number of rotatable bonds is 5. The Labute approximate surface area is 180 Å². The lowest BCUT2D eigenvalue weighted by Gasteiger charge is -2.21. The van der Waals surface area contributed by atoms with Crippen LogP contribution in [0.3, 0.4) is 0 Å². The van der Waals surface area contributed by atoms with Gasteiger partial charge < -0.3 is 0 Å². The number of nitrogens with one attached hydrogen (secondary N) is 1. The fourth-order valence-corrected chi connectivity index (χ4v) is 4.57. The summed E-state index contributed by atoms with van der Waals surface area (Å²) < 4.78 is 30.5. The monoisotopic (exact) mass is 437 g/mol. The zero-order valence-corrected chi connectivity index (χ0v) is 18.5. The highest BCUT2D eigenvalue weighted by Gasteiger charge is 2.19. The molecule has 0 aliphatic rings. The molecule has 2 aromatic carbocycles. The van der Waals surface area contributed by atoms with Gasteiger partial charge in [0.25, 0.3) is 0 Å². The van der Waals surface area contributed by atoms with Crippen LogP contribution in [0.25, 0.3) is 32.8 Å². The molecule has 2 aromatic heterocycles. The van der Waals surface area contributed by atoms with E-state index in [0.717, 1.165) is 15.4 Å². The number of hydrogen-bond donors (Lipinski definition) is 1. The van der Waals surface area contributed by atoms with Gasteiger partial charge in [-0.3, -0.25) is 18.8 Å². The molecule has 0 aliphatic carbocycles. The van der Waals surface area contributed by atoms with Gasteiger partial charge in [-0.15, -0.1) is 0 Å². The molecule has 0 spiro atoms. The maximum atomic E-state index is 13.4. The predicted octanol–water partition coefficient (Wildman–Crippen LogP) is 2.83. The van der Waals surface area contributed by atoms with Crippen LogP contribution in [-0.4, -0.2) is 36.3 Å². The number of fused-ring (bicyclic) bond motifs is 2. The zero-order valence-electron chi connectivity index (χ0n) is 17.7. The second-order valence-corrected chi connectivity index (χ2v) is 9.47. The molecule has 4 aromatic rings. The van der Waals surface area contributed by atoms with Crippen molar-refractivity contribution in [3.05, 3.63) is 65.2 Å². The van der Waals surface area contributed by atoms with Gasteiger partial charge in [0, 0.05) is 54.4 Å². The molecule has 31 heavy (non-hydrogen) atoms. The third-order valence-corrected chi connectivity index (χ3v) is 6.71. The quantitative estimate of drug-likeness (QED) is 0.518. The van der Waals surface area contributed by atoms with Crippen molar-refractivity contribution in [3.63, 3.8) is 0 Å². The summed E-state index contributed by atoms with van der Waals surface area (Å²) in [7, 11) is -0.452. The van der Waals surface area contributed by atoms with Crippen LogP contribution in [-0.2, 0) is 17.3 Å². The van der Waals surface area contributed by atoms with Gasteiger partial charge in [-0.25, -0.2) is 0 Å². The third kappa shape index (κ3) is 4.01. The van der Waals surface area contributed by atoms with Gasteiger partial charge in [-0.1, -0.05) is 12.1 Å².